The average molecular weight is 446 g/mol. The highest BCUT2D eigenvalue weighted by molar-refractivity contribution is 6.44. The fraction of sp³-hybridized carbons (Fsp3) is 0.167. The molecular weight excluding hydrogens is 431 g/mol. The summed E-state index contributed by atoms with van der Waals surface area (Å²) in [6, 6.07) is 9.09. The highest BCUT2D eigenvalue weighted by Crippen LogP contribution is 2.32. The quantitative estimate of drug-likeness (QED) is 0.502. The summed E-state index contributed by atoms with van der Waals surface area (Å²) >= 11 is 17.6. The molecule has 28 heavy (non-hydrogen) atoms. The van der Waals surface area contributed by atoms with Crippen molar-refractivity contribution in [2.75, 3.05) is 25.6 Å². The monoisotopic (exact) mass is 444 g/mol. The summed E-state index contributed by atoms with van der Waals surface area (Å²) < 4.78 is 9.80. The number of anilines is 1. The Hall–Kier alpha value is -2.48. The number of hydrogen-bond donors (Lipinski definition) is 2. The summed E-state index contributed by atoms with van der Waals surface area (Å²) in [6.45, 7) is -0.959. The molecule has 0 bridgehead atoms. The van der Waals surface area contributed by atoms with Gasteiger partial charge in [-0.1, -0.05) is 34.8 Å². The number of benzene rings is 2. The molecule has 0 heterocycles. The smallest absolute Gasteiger partial charge is 0.325 e. The van der Waals surface area contributed by atoms with E-state index >= 15 is 0 Å². The van der Waals surface area contributed by atoms with E-state index < -0.39 is 30.9 Å². The van der Waals surface area contributed by atoms with Gasteiger partial charge in [0.05, 0.1) is 27.9 Å². The minimum absolute atomic E-state index is 0.181. The molecule has 0 unspecified atom stereocenters. The Balaban J connectivity index is 1.78. The van der Waals surface area contributed by atoms with Gasteiger partial charge in [-0.05, 0) is 36.4 Å². The van der Waals surface area contributed by atoms with Crippen LogP contribution in [0.3, 0.4) is 0 Å². The number of ether oxygens (including phenoxy) is 2. The zero-order valence-electron chi connectivity index (χ0n) is 14.6. The van der Waals surface area contributed by atoms with Crippen LogP contribution in [0, 0.1) is 0 Å². The highest BCUT2D eigenvalue weighted by Gasteiger charge is 2.13. The molecule has 148 valence electrons. The van der Waals surface area contributed by atoms with Gasteiger partial charge in [-0.25, -0.2) is 0 Å². The van der Waals surface area contributed by atoms with Gasteiger partial charge in [-0.15, -0.1) is 0 Å². The molecule has 2 rings (SSSR count). The predicted octanol–water partition coefficient (Wildman–Crippen LogP) is 3.57. The van der Waals surface area contributed by atoms with Gasteiger partial charge >= 0.3 is 5.97 Å². The Morgan fingerprint density at radius 1 is 0.964 bits per heavy atom. The van der Waals surface area contributed by atoms with Crippen LogP contribution < -0.4 is 15.4 Å². The molecule has 0 saturated heterocycles. The molecule has 2 N–H and O–H groups in total. The normalized spacial score (nSPS) is 10.1. The number of carbonyl (C=O) groups is 3. The van der Waals surface area contributed by atoms with Crippen molar-refractivity contribution in [2.45, 2.75) is 0 Å². The summed E-state index contributed by atoms with van der Waals surface area (Å²) in [6.07, 6.45) is 0. The van der Waals surface area contributed by atoms with Crippen LogP contribution in [0.15, 0.2) is 36.4 Å². The van der Waals surface area contributed by atoms with Crippen LogP contribution in [-0.2, 0) is 14.3 Å². The zero-order chi connectivity index (χ0) is 20.7. The van der Waals surface area contributed by atoms with Crippen molar-refractivity contribution in [3.8, 4) is 5.75 Å². The van der Waals surface area contributed by atoms with Gasteiger partial charge in [0.15, 0.2) is 6.61 Å². The van der Waals surface area contributed by atoms with E-state index in [9.17, 15) is 14.4 Å². The number of hydrogen-bond acceptors (Lipinski definition) is 5. The lowest BCUT2D eigenvalue weighted by atomic mass is 10.2. The van der Waals surface area contributed by atoms with Crippen molar-refractivity contribution in [1.29, 1.82) is 0 Å². The summed E-state index contributed by atoms with van der Waals surface area (Å²) in [5.41, 5.74) is 0.575. The molecule has 0 atom stereocenters. The van der Waals surface area contributed by atoms with E-state index in [4.69, 9.17) is 44.3 Å². The third-order valence-corrected chi connectivity index (χ3v) is 4.43. The third kappa shape index (κ3) is 6.30. The fourth-order valence-electron chi connectivity index (χ4n) is 2.00. The number of methoxy groups -OCH3 is 1. The van der Waals surface area contributed by atoms with Crippen LogP contribution in [0.4, 0.5) is 5.69 Å². The summed E-state index contributed by atoms with van der Waals surface area (Å²) in [7, 11) is 1.51. The first-order valence-corrected chi connectivity index (χ1v) is 8.96. The Bertz CT molecular complexity index is 888. The SMILES string of the molecule is COc1ccc(C(=O)NCC(=O)OCC(=O)Nc2cc(Cl)c(Cl)cc2Cl)cc1. The molecule has 7 nitrogen and oxygen atoms in total. The highest BCUT2D eigenvalue weighted by atomic mass is 35.5. The van der Waals surface area contributed by atoms with E-state index in [2.05, 4.69) is 10.6 Å². The molecule has 0 saturated carbocycles. The Morgan fingerprint density at radius 2 is 1.61 bits per heavy atom. The van der Waals surface area contributed by atoms with Gasteiger partial charge in [0.2, 0.25) is 0 Å². The lowest BCUT2D eigenvalue weighted by Crippen LogP contribution is -2.32. The maximum atomic E-state index is 11.9. The largest absolute Gasteiger partial charge is 0.497 e. The number of rotatable bonds is 7. The molecule has 10 heteroatoms. The molecule has 2 amide bonds. The maximum Gasteiger partial charge on any atom is 0.325 e. The van der Waals surface area contributed by atoms with Crippen molar-refractivity contribution in [3.63, 3.8) is 0 Å². The molecule has 0 aromatic heterocycles. The fourth-order valence-corrected chi connectivity index (χ4v) is 2.59. The van der Waals surface area contributed by atoms with E-state index in [1.165, 1.54) is 19.2 Å². The lowest BCUT2D eigenvalue weighted by Gasteiger charge is -2.10. The number of amides is 2. The van der Waals surface area contributed by atoms with Gasteiger partial charge in [-0.3, -0.25) is 14.4 Å². The van der Waals surface area contributed by atoms with Crippen LogP contribution in [0.1, 0.15) is 10.4 Å². The molecule has 2 aromatic rings. The van der Waals surface area contributed by atoms with E-state index in [-0.39, 0.29) is 20.8 Å². The lowest BCUT2D eigenvalue weighted by molar-refractivity contribution is -0.146. The summed E-state index contributed by atoms with van der Waals surface area (Å²) in [5.74, 6) is -1.27. The van der Waals surface area contributed by atoms with Crippen LogP contribution in [0.5, 0.6) is 5.75 Å². The molecule has 0 spiro atoms. The van der Waals surface area contributed by atoms with Crippen LogP contribution in [-0.4, -0.2) is 38.0 Å². The van der Waals surface area contributed by atoms with Gasteiger partial charge < -0.3 is 20.1 Å². The average Bonchev–Trinajstić information content (AvgIpc) is 2.68. The standard InChI is InChI=1S/C18H15Cl3N2O5/c1-27-11-4-2-10(3-5-11)18(26)22-8-17(25)28-9-16(24)23-15-7-13(20)12(19)6-14(15)21/h2-7H,8-9H2,1H3,(H,22,26)(H,23,24). The molecule has 0 aliphatic heterocycles. The molecular formula is C18H15Cl3N2O5. The van der Waals surface area contributed by atoms with Gasteiger partial charge in [-0.2, -0.15) is 0 Å². The van der Waals surface area contributed by atoms with Crippen LogP contribution >= 0.6 is 34.8 Å². The van der Waals surface area contributed by atoms with Crippen LogP contribution in [0.25, 0.3) is 0 Å². The first-order chi connectivity index (χ1) is 13.3. The number of nitrogens with one attached hydrogen (secondary N) is 2. The molecule has 0 aliphatic carbocycles. The Labute approximate surface area is 175 Å². The minimum atomic E-state index is -0.780. The van der Waals surface area contributed by atoms with E-state index in [1.54, 1.807) is 24.3 Å². The molecule has 0 fully saturated rings. The first kappa shape index (κ1) is 21.8. The first-order valence-electron chi connectivity index (χ1n) is 7.82. The van der Waals surface area contributed by atoms with E-state index in [0.717, 1.165) is 0 Å². The topological polar surface area (TPSA) is 93.7 Å². The van der Waals surface area contributed by atoms with E-state index in [0.29, 0.717) is 11.3 Å². The zero-order valence-corrected chi connectivity index (χ0v) is 16.8. The van der Waals surface area contributed by atoms with Gasteiger partial charge in [0, 0.05) is 5.56 Å². The Morgan fingerprint density at radius 3 is 2.25 bits per heavy atom. The number of esters is 1. The minimum Gasteiger partial charge on any atom is -0.497 e. The van der Waals surface area contributed by atoms with Crippen molar-refractivity contribution in [2.24, 2.45) is 0 Å². The second-order valence-electron chi connectivity index (χ2n) is 5.37. The van der Waals surface area contributed by atoms with E-state index in [1.807, 2.05) is 0 Å². The second kappa shape index (κ2) is 10.2. The Kier molecular flexibility index (Phi) is 7.92. The van der Waals surface area contributed by atoms with Crippen molar-refractivity contribution in [3.05, 3.63) is 57.0 Å². The molecule has 0 radical (unpaired) electrons. The van der Waals surface area contributed by atoms with Gasteiger partial charge in [0.1, 0.15) is 12.3 Å². The number of carbonyl (C=O) groups excluding carboxylic acids is 3. The second-order valence-corrected chi connectivity index (χ2v) is 6.59. The maximum absolute atomic E-state index is 11.9. The van der Waals surface area contributed by atoms with Crippen molar-refractivity contribution >= 4 is 58.3 Å². The van der Waals surface area contributed by atoms with Crippen molar-refractivity contribution in [1.82, 2.24) is 5.32 Å². The molecule has 0 aliphatic rings. The third-order valence-electron chi connectivity index (χ3n) is 3.39. The number of halogens is 3. The van der Waals surface area contributed by atoms with Gasteiger partial charge in [0.25, 0.3) is 11.8 Å². The summed E-state index contributed by atoms with van der Waals surface area (Å²) in [5, 5.41) is 5.47. The summed E-state index contributed by atoms with van der Waals surface area (Å²) in [4.78, 5) is 35.5. The van der Waals surface area contributed by atoms with Crippen molar-refractivity contribution < 1.29 is 23.9 Å². The molecule has 2 aromatic carbocycles. The predicted molar refractivity (Wildman–Crippen MR) is 106 cm³/mol. The van der Waals surface area contributed by atoms with Crippen LogP contribution in [0.2, 0.25) is 15.1 Å².